The minimum absolute atomic E-state index is 0.342. The van der Waals surface area contributed by atoms with Crippen LogP contribution in [0.5, 0.6) is 5.88 Å². The molecule has 5 nitrogen and oxygen atoms in total. The molecule has 0 atom stereocenters. The third kappa shape index (κ3) is 5.31. The molecule has 0 aliphatic carbocycles. The number of ether oxygens (including phenoxy) is 2. The second-order valence-corrected chi connectivity index (χ2v) is 6.57. The molecule has 138 valence electrons. The Labute approximate surface area is 166 Å². The van der Waals surface area contributed by atoms with E-state index in [1.54, 1.807) is 31.3 Å². The standard InChI is InChI=1S/C21H19BrN2O3/c1-2-26-21(25)16-9-6-10-17(11-16)24-18-12-19(22)20(23-13-18)27-14-15-7-4-3-5-8-15/h3-13,24H,2,14H2,1H3. The van der Waals surface area contributed by atoms with Gasteiger partial charge in [0.25, 0.3) is 0 Å². The first-order chi connectivity index (χ1) is 13.2. The van der Waals surface area contributed by atoms with E-state index in [2.05, 4.69) is 26.2 Å². The summed E-state index contributed by atoms with van der Waals surface area (Å²) in [6.45, 7) is 2.57. The number of carbonyl (C=O) groups is 1. The van der Waals surface area contributed by atoms with Crippen molar-refractivity contribution in [3.63, 3.8) is 0 Å². The van der Waals surface area contributed by atoms with Gasteiger partial charge in [0.05, 0.1) is 28.5 Å². The predicted octanol–water partition coefficient (Wildman–Crippen LogP) is 5.34. The number of hydrogen-bond donors (Lipinski definition) is 1. The van der Waals surface area contributed by atoms with Gasteiger partial charge in [-0.3, -0.25) is 0 Å². The van der Waals surface area contributed by atoms with Crippen molar-refractivity contribution in [1.29, 1.82) is 0 Å². The summed E-state index contributed by atoms with van der Waals surface area (Å²) in [7, 11) is 0. The lowest BCUT2D eigenvalue weighted by molar-refractivity contribution is 0.0526. The highest BCUT2D eigenvalue weighted by Crippen LogP contribution is 2.28. The normalized spacial score (nSPS) is 10.3. The summed E-state index contributed by atoms with van der Waals surface area (Å²) < 4.78 is 11.5. The van der Waals surface area contributed by atoms with Crippen molar-refractivity contribution in [2.75, 3.05) is 11.9 Å². The van der Waals surface area contributed by atoms with Crippen molar-refractivity contribution >= 4 is 33.3 Å². The maximum Gasteiger partial charge on any atom is 0.338 e. The van der Waals surface area contributed by atoms with Crippen LogP contribution in [0, 0.1) is 0 Å². The fourth-order valence-electron chi connectivity index (χ4n) is 2.43. The number of nitrogens with one attached hydrogen (secondary N) is 1. The first kappa shape index (κ1) is 18.9. The van der Waals surface area contributed by atoms with Gasteiger partial charge in [0, 0.05) is 5.69 Å². The average molecular weight is 427 g/mol. The van der Waals surface area contributed by atoms with Crippen LogP contribution in [-0.2, 0) is 11.3 Å². The molecule has 0 unspecified atom stereocenters. The van der Waals surface area contributed by atoms with E-state index in [0.29, 0.717) is 24.7 Å². The number of esters is 1. The summed E-state index contributed by atoms with van der Waals surface area (Å²) in [5.41, 5.74) is 3.11. The van der Waals surface area contributed by atoms with Crippen LogP contribution in [0.4, 0.5) is 11.4 Å². The zero-order valence-electron chi connectivity index (χ0n) is 14.8. The molecule has 0 amide bonds. The number of aromatic nitrogens is 1. The Morgan fingerprint density at radius 3 is 2.63 bits per heavy atom. The van der Waals surface area contributed by atoms with Crippen molar-refractivity contribution in [1.82, 2.24) is 4.98 Å². The Morgan fingerprint density at radius 2 is 1.89 bits per heavy atom. The fraction of sp³-hybridized carbons (Fsp3) is 0.143. The van der Waals surface area contributed by atoms with Crippen LogP contribution in [0.3, 0.4) is 0 Å². The molecule has 0 radical (unpaired) electrons. The summed E-state index contributed by atoms with van der Waals surface area (Å²) in [6.07, 6.45) is 1.68. The van der Waals surface area contributed by atoms with E-state index >= 15 is 0 Å². The van der Waals surface area contributed by atoms with E-state index in [1.807, 2.05) is 42.5 Å². The van der Waals surface area contributed by atoms with E-state index in [1.165, 1.54) is 0 Å². The first-order valence-electron chi connectivity index (χ1n) is 8.52. The van der Waals surface area contributed by atoms with Gasteiger partial charge in [-0.1, -0.05) is 36.4 Å². The lowest BCUT2D eigenvalue weighted by Gasteiger charge is -2.11. The largest absolute Gasteiger partial charge is 0.472 e. The number of carbonyl (C=O) groups excluding carboxylic acids is 1. The highest BCUT2D eigenvalue weighted by molar-refractivity contribution is 9.10. The second-order valence-electron chi connectivity index (χ2n) is 5.71. The van der Waals surface area contributed by atoms with Crippen molar-refractivity contribution in [2.24, 2.45) is 0 Å². The first-order valence-corrected chi connectivity index (χ1v) is 9.31. The van der Waals surface area contributed by atoms with Crippen LogP contribution in [0.2, 0.25) is 0 Å². The van der Waals surface area contributed by atoms with Gasteiger partial charge in [0.15, 0.2) is 0 Å². The predicted molar refractivity (Wildman–Crippen MR) is 108 cm³/mol. The Bertz CT molecular complexity index is 916. The SMILES string of the molecule is CCOC(=O)c1cccc(Nc2cnc(OCc3ccccc3)c(Br)c2)c1. The molecule has 1 aromatic heterocycles. The van der Waals surface area contributed by atoms with Gasteiger partial charge >= 0.3 is 5.97 Å². The lowest BCUT2D eigenvalue weighted by atomic mass is 10.2. The molecule has 0 saturated carbocycles. The third-order valence-corrected chi connectivity index (χ3v) is 4.26. The van der Waals surface area contributed by atoms with Gasteiger partial charge < -0.3 is 14.8 Å². The van der Waals surface area contributed by atoms with E-state index in [-0.39, 0.29) is 5.97 Å². The molecule has 0 aliphatic heterocycles. The zero-order chi connectivity index (χ0) is 19.1. The molecule has 0 spiro atoms. The quantitative estimate of drug-likeness (QED) is 0.516. The number of pyridine rings is 1. The number of hydrogen-bond acceptors (Lipinski definition) is 5. The van der Waals surface area contributed by atoms with Crippen LogP contribution < -0.4 is 10.1 Å². The Hall–Kier alpha value is -2.86. The molecule has 27 heavy (non-hydrogen) atoms. The van der Waals surface area contributed by atoms with Gasteiger partial charge in [-0.2, -0.15) is 0 Å². The van der Waals surface area contributed by atoms with E-state index in [4.69, 9.17) is 9.47 Å². The molecule has 0 aliphatic rings. The highest BCUT2D eigenvalue weighted by Gasteiger charge is 2.09. The highest BCUT2D eigenvalue weighted by atomic mass is 79.9. The summed E-state index contributed by atoms with van der Waals surface area (Å²) in [6, 6.07) is 18.9. The van der Waals surface area contributed by atoms with Crippen LogP contribution in [0.1, 0.15) is 22.8 Å². The van der Waals surface area contributed by atoms with Crippen molar-refractivity contribution in [3.05, 3.63) is 82.5 Å². The molecule has 0 bridgehead atoms. The van der Waals surface area contributed by atoms with Crippen molar-refractivity contribution in [3.8, 4) is 5.88 Å². The Kier molecular flexibility index (Phi) is 6.44. The molecular weight excluding hydrogens is 408 g/mol. The molecule has 0 saturated heterocycles. The van der Waals surface area contributed by atoms with Crippen LogP contribution in [0.15, 0.2) is 71.3 Å². The van der Waals surface area contributed by atoms with Crippen molar-refractivity contribution in [2.45, 2.75) is 13.5 Å². The maximum absolute atomic E-state index is 11.9. The Morgan fingerprint density at radius 1 is 1.07 bits per heavy atom. The van der Waals surface area contributed by atoms with Gasteiger partial charge in [0.2, 0.25) is 5.88 Å². The van der Waals surface area contributed by atoms with Gasteiger partial charge in [-0.25, -0.2) is 9.78 Å². The number of nitrogens with zero attached hydrogens (tertiary/aromatic N) is 1. The molecule has 6 heteroatoms. The zero-order valence-corrected chi connectivity index (χ0v) is 16.4. The third-order valence-electron chi connectivity index (χ3n) is 3.69. The van der Waals surface area contributed by atoms with Gasteiger partial charge in [-0.05, 0) is 52.7 Å². The topological polar surface area (TPSA) is 60.5 Å². The summed E-state index contributed by atoms with van der Waals surface area (Å²) in [5.74, 6) is 0.176. The van der Waals surface area contributed by atoms with Gasteiger partial charge in [-0.15, -0.1) is 0 Å². The minimum Gasteiger partial charge on any atom is -0.472 e. The summed E-state index contributed by atoms with van der Waals surface area (Å²) in [4.78, 5) is 16.2. The average Bonchev–Trinajstić information content (AvgIpc) is 2.68. The van der Waals surface area contributed by atoms with E-state index in [0.717, 1.165) is 21.4 Å². The second kappa shape index (κ2) is 9.19. The molecule has 2 aromatic carbocycles. The molecule has 1 N–H and O–H groups in total. The summed E-state index contributed by atoms with van der Waals surface area (Å²) in [5, 5.41) is 3.23. The number of benzene rings is 2. The lowest BCUT2D eigenvalue weighted by Crippen LogP contribution is -2.05. The minimum atomic E-state index is -0.342. The van der Waals surface area contributed by atoms with Crippen molar-refractivity contribution < 1.29 is 14.3 Å². The molecule has 1 heterocycles. The monoisotopic (exact) mass is 426 g/mol. The smallest absolute Gasteiger partial charge is 0.338 e. The van der Waals surface area contributed by atoms with E-state index < -0.39 is 0 Å². The number of rotatable bonds is 7. The number of anilines is 2. The Balaban J connectivity index is 1.67. The van der Waals surface area contributed by atoms with Crippen LogP contribution >= 0.6 is 15.9 Å². The maximum atomic E-state index is 11.9. The van der Waals surface area contributed by atoms with Crippen LogP contribution in [-0.4, -0.2) is 17.6 Å². The van der Waals surface area contributed by atoms with Gasteiger partial charge in [0.1, 0.15) is 6.61 Å². The van der Waals surface area contributed by atoms with E-state index in [9.17, 15) is 4.79 Å². The van der Waals surface area contributed by atoms with Crippen LogP contribution in [0.25, 0.3) is 0 Å². The summed E-state index contributed by atoms with van der Waals surface area (Å²) >= 11 is 3.49. The molecule has 3 aromatic rings. The molecule has 0 fully saturated rings. The molecular formula is C21H19BrN2O3. The number of halogens is 1. The molecule has 3 rings (SSSR count). The fourth-order valence-corrected chi connectivity index (χ4v) is 2.89.